The van der Waals surface area contributed by atoms with Crippen LogP contribution in [0.1, 0.15) is 13.8 Å². The summed E-state index contributed by atoms with van der Waals surface area (Å²) in [5, 5.41) is 0.174. The molecule has 0 aliphatic rings. The summed E-state index contributed by atoms with van der Waals surface area (Å²) in [5.74, 6) is -0.200. The molecule has 0 N–H and O–H groups in total. The number of Topliss-reactive ketones (excluding diaryl/α,β-unsaturated/α-hetero) is 1. The molecular formula is C9H10ClFO. The van der Waals surface area contributed by atoms with Gasteiger partial charge in [0.05, 0.1) is 5.02 Å². The van der Waals surface area contributed by atoms with Crippen molar-refractivity contribution < 1.29 is 9.18 Å². The van der Waals surface area contributed by atoms with Gasteiger partial charge in [-0.25, -0.2) is 4.39 Å². The number of hydrogen-bond acceptors (Lipinski definition) is 1. The van der Waals surface area contributed by atoms with E-state index in [9.17, 15) is 9.18 Å². The van der Waals surface area contributed by atoms with Crippen molar-refractivity contribution in [1.82, 2.24) is 0 Å². The number of benzene rings is 1. The standard InChI is InChI=1S/C6H4ClF.C3H6O/c7-5-3-1-2-4-6(5)8;1-3(2)4/h1-4H;1-2H3. The molecule has 0 saturated heterocycles. The minimum absolute atomic E-state index is 0.167. The Morgan fingerprint density at radius 1 is 1.33 bits per heavy atom. The zero-order valence-electron chi connectivity index (χ0n) is 6.97. The molecule has 0 bridgehead atoms. The molecule has 0 heterocycles. The highest BCUT2D eigenvalue weighted by molar-refractivity contribution is 6.30. The summed E-state index contributed by atoms with van der Waals surface area (Å²) < 4.78 is 12.2. The van der Waals surface area contributed by atoms with Crippen LogP contribution in [0.15, 0.2) is 24.3 Å². The molecule has 0 radical (unpaired) electrons. The van der Waals surface area contributed by atoms with Crippen molar-refractivity contribution in [3.05, 3.63) is 35.1 Å². The normalized spacial score (nSPS) is 8.33. The van der Waals surface area contributed by atoms with Gasteiger partial charge in [0.25, 0.3) is 0 Å². The topological polar surface area (TPSA) is 17.1 Å². The van der Waals surface area contributed by atoms with Crippen LogP contribution in [0.25, 0.3) is 0 Å². The monoisotopic (exact) mass is 188 g/mol. The minimum Gasteiger partial charge on any atom is -0.300 e. The van der Waals surface area contributed by atoms with E-state index < -0.39 is 0 Å². The van der Waals surface area contributed by atoms with Gasteiger partial charge in [-0.3, -0.25) is 0 Å². The fourth-order valence-corrected chi connectivity index (χ4v) is 0.575. The van der Waals surface area contributed by atoms with Gasteiger partial charge in [0, 0.05) is 0 Å². The van der Waals surface area contributed by atoms with Crippen molar-refractivity contribution in [3.8, 4) is 0 Å². The van der Waals surface area contributed by atoms with Gasteiger partial charge in [0.1, 0.15) is 11.6 Å². The maximum Gasteiger partial charge on any atom is 0.141 e. The minimum atomic E-state index is -0.367. The second-order valence-electron chi connectivity index (χ2n) is 2.32. The van der Waals surface area contributed by atoms with Crippen molar-refractivity contribution in [1.29, 1.82) is 0 Å². The highest BCUT2D eigenvalue weighted by Gasteiger charge is 1.91. The van der Waals surface area contributed by atoms with Crippen LogP contribution < -0.4 is 0 Å². The Balaban J connectivity index is 0.000000261. The highest BCUT2D eigenvalue weighted by atomic mass is 35.5. The average molecular weight is 189 g/mol. The molecule has 12 heavy (non-hydrogen) atoms. The lowest BCUT2D eigenvalue weighted by molar-refractivity contribution is -0.114. The van der Waals surface area contributed by atoms with Crippen molar-refractivity contribution in [2.24, 2.45) is 0 Å². The molecule has 0 unspecified atom stereocenters. The zero-order chi connectivity index (χ0) is 9.56. The summed E-state index contributed by atoms with van der Waals surface area (Å²) >= 11 is 5.33. The molecule has 1 nitrogen and oxygen atoms in total. The summed E-state index contributed by atoms with van der Waals surface area (Å²) in [7, 11) is 0. The fraction of sp³-hybridized carbons (Fsp3) is 0.222. The summed E-state index contributed by atoms with van der Waals surface area (Å²) in [6, 6.07) is 6.12. The third-order valence-electron chi connectivity index (χ3n) is 0.824. The first-order valence-electron chi connectivity index (χ1n) is 3.41. The van der Waals surface area contributed by atoms with Crippen molar-refractivity contribution >= 4 is 17.4 Å². The molecule has 0 aromatic heterocycles. The molecule has 66 valence electrons. The number of ketones is 1. The molecule has 0 fully saturated rings. The molecule has 3 heteroatoms. The summed E-state index contributed by atoms with van der Waals surface area (Å²) in [6.45, 7) is 3.06. The number of carbonyl (C=O) groups excluding carboxylic acids is 1. The summed E-state index contributed by atoms with van der Waals surface area (Å²) in [6.07, 6.45) is 0. The van der Waals surface area contributed by atoms with E-state index in [2.05, 4.69) is 0 Å². The maximum absolute atomic E-state index is 12.2. The van der Waals surface area contributed by atoms with Crippen LogP contribution >= 0.6 is 11.6 Å². The predicted molar refractivity (Wildman–Crippen MR) is 47.8 cm³/mol. The third-order valence-corrected chi connectivity index (χ3v) is 1.13. The number of rotatable bonds is 0. The van der Waals surface area contributed by atoms with Gasteiger partial charge < -0.3 is 4.79 Å². The SMILES string of the molecule is CC(C)=O.Fc1ccccc1Cl. The Morgan fingerprint density at radius 3 is 2.00 bits per heavy atom. The largest absolute Gasteiger partial charge is 0.300 e. The molecule has 0 amide bonds. The Morgan fingerprint density at radius 2 is 1.75 bits per heavy atom. The molecule has 0 aliphatic carbocycles. The molecule has 0 spiro atoms. The van der Waals surface area contributed by atoms with E-state index in [1.807, 2.05) is 0 Å². The Labute approximate surface area is 76.2 Å². The van der Waals surface area contributed by atoms with Gasteiger partial charge in [-0.2, -0.15) is 0 Å². The van der Waals surface area contributed by atoms with Crippen LogP contribution in [0, 0.1) is 5.82 Å². The first kappa shape index (κ1) is 11.1. The summed E-state index contributed by atoms with van der Waals surface area (Å²) in [5.41, 5.74) is 0. The van der Waals surface area contributed by atoms with E-state index in [1.165, 1.54) is 26.0 Å². The van der Waals surface area contributed by atoms with Crippen LogP contribution in [0.2, 0.25) is 5.02 Å². The van der Waals surface area contributed by atoms with Gasteiger partial charge in [0.2, 0.25) is 0 Å². The quantitative estimate of drug-likeness (QED) is 0.612. The molecular weight excluding hydrogens is 179 g/mol. The van der Waals surface area contributed by atoms with E-state index in [0.29, 0.717) is 0 Å². The van der Waals surface area contributed by atoms with Crippen LogP contribution in [-0.4, -0.2) is 5.78 Å². The smallest absolute Gasteiger partial charge is 0.141 e. The molecule has 0 aliphatic heterocycles. The Kier molecular flexibility index (Phi) is 5.30. The van der Waals surface area contributed by atoms with E-state index in [-0.39, 0.29) is 16.6 Å². The van der Waals surface area contributed by atoms with E-state index in [1.54, 1.807) is 12.1 Å². The highest BCUT2D eigenvalue weighted by Crippen LogP contribution is 2.11. The Bertz CT molecular complexity index is 235. The van der Waals surface area contributed by atoms with Gasteiger partial charge >= 0.3 is 0 Å². The summed E-state index contributed by atoms with van der Waals surface area (Å²) in [4.78, 5) is 9.44. The first-order chi connectivity index (χ1) is 5.54. The van der Waals surface area contributed by atoms with E-state index >= 15 is 0 Å². The van der Waals surface area contributed by atoms with Crippen molar-refractivity contribution in [3.63, 3.8) is 0 Å². The van der Waals surface area contributed by atoms with Crippen molar-refractivity contribution in [2.45, 2.75) is 13.8 Å². The number of hydrogen-bond donors (Lipinski definition) is 0. The molecule has 1 rings (SSSR count). The Hall–Kier alpha value is -0.890. The molecule has 1 aromatic rings. The van der Waals surface area contributed by atoms with Crippen LogP contribution in [0.4, 0.5) is 4.39 Å². The lowest BCUT2D eigenvalue weighted by Gasteiger charge is -1.86. The predicted octanol–water partition coefficient (Wildman–Crippen LogP) is 3.07. The fourth-order valence-electron chi connectivity index (χ4n) is 0.439. The average Bonchev–Trinajstić information content (AvgIpc) is 1.94. The van der Waals surface area contributed by atoms with E-state index in [0.717, 1.165) is 0 Å². The van der Waals surface area contributed by atoms with Gasteiger partial charge in [-0.05, 0) is 26.0 Å². The van der Waals surface area contributed by atoms with E-state index in [4.69, 9.17) is 11.6 Å². The molecule has 1 aromatic carbocycles. The second kappa shape index (κ2) is 5.72. The van der Waals surface area contributed by atoms with Crippen molar-refractivity contribution in [2.75, 3.05) is 0 Å². The lowest BCUT2D eigenvalue weighted by atomic mass is 10.4. The molecule has 0 saturated carbocycles. The third kappa shape index (κ3) is 5.86. The van der Waals surface area contributed by atoms with Gasteiger partial charge in [-0.15, -0.1) is 0 Å². The number of halogens is 2. The van der Waals surface area contributed by atoms with Crippen LogP contribution in [0.5, 0.6) is 0 Å². The lowest BCUT2D eigenvalue weighted by Crippen LogP contribution is -1.70. The number of carbonyl (C=O) groups is 1. The van der Waals surface area contributed by atoms with Gasteiger partial charge in [0.15, 0.2) is 0 Å². The zero-order valence-corrected chi connectivity index (χ0v) is 7.73. The second-order valence-corrected chi connectivity index (χ2v) is 2.73. The van der Waals surface area contributed by atoms with Gasteiger partial charge in [-0.1, -0.05) is 23.7 Å². The van der Waals surface area contributed by atoms with Crippen LogP contribution in [-0.2, 0) is 4.79 Å². The van der Waals surface area contributed by atoms with Crippen LogP contribution in [0.3, 0.4) is 0 Å². The maximum atomic E-state index is 12.2. The molecule has 0 atom stereocenters. The first-order valence-corrected chi connectivity index (χ1v) is 3.79.